The van der Waals surface area contributed by atoms with Crippen molar-refractivity contribution in [1.29, 1.82) is 0 Å². The molecule has 25 heavy (non-hydrogen) atoms. The van der Waals surface area contributed by atoms with Crippen molar-refractivity contribution >= 4 is 50.1 Å². The minimum absolute atomic E-state index is 0.0673. The van der Waals surface area contributed by atoms with Gasteiger partial charge in [-0.25, -0.2) is 4.99 Å². The maximum absolute atomic E-state index is 13.1. The Morgan fingerprint density at radius 1 is 1.36 bits per heavy atom. The van der Waals surface area contributed by atoms with Gasteiger partial charge in [0.2, 0.25) is 5.91 Å². The van der Waals surface area contributed by atoms with Gasteiger partial charge >= 0.3 is 0 Å². The summed E-state index contributed by atoms with van der Waals surface area (Å²) in [5.74, 6) is -0.297. The van der Waals surface area contributed by atoms with Crippen molar-refractivity contribution in [2.24, 2.45) is 10.7 Å². The van der Waals surface area contributed by atoms with Crippen molar-refractivity contribution in [2.45, 2.75) is 18.4 Å². The number of benzene rings is 1. The third kappa shape index (κ3) is 2.49. The predicted molar refractivity (Wildman–Crippen MR) is 103 cm³/mol. The average Bonchev–Trinajstić information content (AvgIpc) is 3.21. The average molecular weight is 418 g/mol. The molecule has 0 saturated heterocycles. The van der Waals surface area contributed by atoms with E-state index in [1.54, 1.807) is 24.6 Å². The number of halogens is 1. The highest BCUT2D eigenvalue weighted by Gasteiger charge is 2.48. The molecular weight excluding hydrogens is 402 g/mol. The molecule has 5 nitrogen and oxygen atoms in total. The normalized spacial score (nSPS) is 24.0. The summed E-state index contributed by atoms with van der Waals surface area (Å²) < 4.78 is 6.39. The zero-order valence-corrected chi connectivity index (χ0v) is 16.1. The second-order valence-electron chi connectivity index (χ2n) is 6.29. The van der Waals surface area contributed by atoms with E-state index in [1.807, 2.05) is 42.6 Å². The molecule has 4 rings (SSSR count). The lowest BCUT2D eigenvalue weighted by molar-refractivity contribution is -0.130. The van der Waals surface area contributed by atoms with Crippen molar-refractivity contribution < 1.29 is 9.21 Å². The summed E-state index contributed by atoms with van der Waals surface area (Å²) in [6.07, 6.45) is 1.65. The van der Waals surface area contributed by atoms with Crippen molar-refractivity contribution in [2.75, 3.05) is 7.05 Å². The number of carbonyl (C=O) groups is 1. The van der Waals surface area contributed by atoms with Crippen LogP contribution >= 0.6 is 27.3 Å². The highest BCUT2D eigenvalue weighted by Crippen LogP contribution is 2.46. The second-order valence-corrected chi connectivity index (χ2v) is 8.12. The molecule has 2 aromatic heterocycles. The van der Waals surface area contributed by atoms with Gasteiger partial charge in [-0.05, 0) is 52.7 Å². The monoisotopic (exact) mass is 417 g/mol. The van der Waals surface area contributed by atoms with Crippen LogP contribution in [0, 0.1) is 0 Å². The Balaban J connectivity index is 1.93. The molecule has 0 saturated carbocycles. The molecule has 2 N–H and O–H groups in total. The van der Waals surface area contributed by atoms with Crippen LogP contribution < -0.4 is 5.73 Å². The number of rotatable bonds is 2. The number of furan rings is 1. The van der Waals surface area contributed by atoms with E-state index >= 15 is 0 Å². The van der Waals surface area contributed by atoms with Crippen molar-refractivity contribution in [3.63, 3.8) is 0 Å². The lowest BCUT2D eigenvalue weighted by Gasteiger charge is -2.40. The molecular formula is C18H16BrN3O2S. The van der Waals surface area contributed by atoms with Gasteiger partial charge in [-0.1, -0.05) is 6.07 Å². The van der Waals surface area contributed by atoms with Gasteiger partial charge in [0.25, 0.3) is 0 Å². The van der Waals surface area contributed by atoms with E-state index in [2.05, 4.69) is 15.9 Å². The molecule has 1 aliphatic rings. The van der Waals surface area contributed by atoms with Crippen LogP contribution in [0.15, 0.2) is 55.9 Å². The van der Waals surface area contributed by atoms with E-state index in [4.69, 9.17) is 15.1 Å². The van der Waals surface area contributed by atoms with Gasteiger partial charge < -0.3 is 10.2 Å². The van der Waals surface area contributed by atoms with Crippen molar-refractivity contribution in [3.8, 4) is 0 Å². The maximum atomic E-state index is 13.1. The fourth-order valence-corrected chi connectivity index (χ4v) is 4.90. The highest BCUT2D eigenvalue weighted by molar-refractivity contribution is 9.10. The lowest BCUT2D eigenvalue weighted by Crippen LogP contribution is -2.52. The molecule has 3 aromatic rings. The molecule has 0 fully saturated rings. The number of hydrogen-bond donors (Lipinski definition) is 1. The van der Waals surface area contributed by atoms with Crippen LogP contribution in [0.5, 0.6) is 0 Å². The van der Waals surface area contributed by atoms with Gasteiger partial charge in [-0.3, -0.25) is 9.69 Å². The Bertz CT molecular complexity index is 1010. The maximum Gasteiger partial charge on any atom is 0.239 e. The van der Waals surface area contributed by atoms with Gasteiger partial charge in [0.15, 0.2) is 5.96 Å². The summed E-state index contributed by atoms with van der Waals surface area (Å²) in [5.41, 5.74) is 6.97. The Kier molecular flexibility index (Phi) is 3.73. The number of nitrogens with two attached hydrogens (primary N) is 1. The van der Waals surface area contributed by atoms with Gasteiger partial charge in [0.05, 0.1) is 12.2 Å². The minimum Gasteiger partial charge on any atom is -0.464 e. The van der Waals surface area contributed by atoms with E-state index in [1.165, 1.54) is 4.90 Å². The van der Waals surface area contributed by atoms with Crippen LogP contribution in [0.3, 0.4) is 0 Å². The van der Waals surface area contributed by atoms with Gasteiger partial charge in [-0.15, -0.1) is 11.3 Å². The van der Waals surface area contributed by atoms with Crippen LogP contribution in [0.25, 0.3) is 11.0 Å². The van der Waals surface area contributed by atoms with Crippen molar-refractivity contribution in [1.82, 2.24) is 4.90 Å². The number of carbonyl (C=O) groups excluding carboxylic acids is 1. The summed E-state index contributed by atoms with van der Waals surface area (Å²) in [6, 6.07) is 9.72. The molecule has 2 atom stereocenters. The Labute approximate surface area is 157 Å². The Morgan fingerprint density at radius 3 is 2.88 bits per heavy atom. The SMILES string of the molecule is CN1C(=O)[C@@H](c2ccc3occc3c2)[C@@](C)(c2cc(Br)cs2)N=C1N. The molecule has 0 bridgehead atoms. The third-order valence-corrected chi connectivity index (χ3v) is 6.62. The summed E-state index contributed by atoms with van der Waals surface area (Å²) >= 11 is 5.06. The molecule has 0 spiro atoms. The number of thiophene rings is 1. The largest absolute Gasteiger partial charge is 0.464 e. The Hall–Kier alpha value is -2.12. The van der Waals surface area contributed by atoms with E-state index in [0.29, 0.717) is 0 Å². The van der Waals surface area contributed by atoms with Gasteiger partial charge in [0.1, 0.15) is 11.1 Å². The Morgan fingerprint density at radius 2 is 2.16 bits per heavy atom. The second kappa shape index (κ2) is 5.71. The van der Waals surface area contributed by atoms with Crippen LogP contribution in [0.2, 0.25) is 0 Å². The summed E-state index contributed by atoms with van der Waals surface area (Å²) in [5, 5.41) is 2.95. The third-order valence-electron chi connectivity index (χ3n) is 4.71. The van der Waals surface area contributed by atoms with Crippen molar-refractivity contribution in [3.05, 3.63) is 56.9 Å². The van der Waals surface area contributed by atoms with E-state index in [-0.39, 0.29) is 11.9 Å². The molecule has 0 radical (unpaired) electrons. The van der Waals surface area contributed by atoms with E-state index in [9.17, 15) is 4.79 Å². The lowest BCUT2D eigenvalue weighted by atomic mass is 9.77. The number of likely N-dealkylation sites (N-methyl/N-ethyl adjacent to an activating group) is 1. The molecule has 3 heterocycles. The first-order chi connectivity index (χ1) is 11.9. The van der Waals surface area contributed by atoms with Crippen LogP contribution in [-0.4, -0.2) is 23.8 Å². The van der Waals surface area contributed by atoms with Crippen LogP contribution in [-0.2, 0) is 10.3 Å². The smallest absolute Gasteiger partial charge is 0.239 e. The molecule has 1 aromatic carbocycles. The fraction of sp³-hybridized carbons (Fsp3) is 0.222. The number of nitrogens with zero attached hydrogens (tertiary/aromatic N) is 2. The quantitative estimate of drug-likeness (QED) is 0.683. The first kappa shape index (κ1) is 16.4. The molecule has 1 amide bonds. The molecule has 0 aliphatic carbocycles. The number of aliphatic imine (C=N–C) groups is 1. The zero-order chi connectivity index (χ0) is 17.8. The standard InChI is InChI=1S/C18H16BrN3O2S/c1-18(14-8-12(19)9-25-14)15(16(23)22(2)17(20)21-18)11-3-4-13-10(7-11)5-6-24-13/h3-9,15H,1-2H3,(H2,20,21)/t15-,18-/m1/s1. The van der Waals surface area contributed by atoms with Crippen LogP contribution in [0.4, 0.5) is 0 Å². The topological polar surface area (TPSA) is 71.8 Å². The zero-order valence-electron chi connectivity index (χ0n) is 13.7. The van der Waals surface area contributed by atoms with E-state index in [0.717, 1.165) is 25.9 Å². The van der Waals surface area contributed by atoms with Crippen LogP contribution in [0.1, 0.15) is 23.3 Å². The van der Waals surface area contributed by atoms with Gasteiger partial charge in [-0.2, -0.15) is 0 Å². The number of guanidine groups is 1. The number of fused-ring (bicyclic) bond motifs is 1. The number of amides is 1. The first-order valence-corrected chi connectivity index (χ1v) is 9.42. The first-order valence-electron chi connectivity index (χ1n) is 7.75. The summed E-state index contributed by atoms with van der Waals surface area (Å²) in [6.45, 7) is 1.97. The predicted octanol–water partition coefficient (Wildman–Crippen LogP) is 4.04. The number of hydrogen-bond acceptors (Lipinski definition) is 5. The molecule has 7 heteroatoms. The highest BCUT2D eigenvalue weighted by atomic mass is 79.9. The summed E-state index contributed by atoms with van der Waals surface area (Å²) in [7, 11) is 1.66. The fourth-order valence-electron chi connectivity index (χ4n) is 3.33. The van der Waals surface area contributed by atoms with E-state index < -0.39 is 11.5 Å². The molecule has 1 aliphatic heterocycles. The van der Waals surface area contributed by atoms with Gasteiger partial charge in [0, 0.05) is 27.2 Å². The molecule has 0 unspecified atom stereocenters. The summed E-state index contributed by atoms with van der Waals surface area (Å²) in [4.78, 5) is 20.3. The molecule has 128 valence electrons. The minimum atomic E-state index is -0.762.